The highest BCUT2D eigenvalue weighted by Gasteiger charge is 2.32. The smallest absolute Gasteiger partial charge is 0.258 e. The van der Waals surface area contributed by atoms with Gasteiger partial charge in [-0.05, 0) is 29.7 Å². The molecule has 1 aromatic carbocycles. The number of ether oxygens (including phenoxy) is 1. The van der Waals surface area contributed by atoms with Crippen molar-refractivity contribution in [1.82, 2.24) is 5.32 Å². The number of hydrogen-bond donors (Lipinski definition) is 1. The Hall–Kier alpha value is -2.10. The van der Waals surface area contributed by atoms with Crippen molar-refractivity contribution in [1.29, 1.82) is 0 Å². The third-order valence-electron chi connectivity index (χ3n) is 3.82. The van der Waals surface area contributed by atoms with E-state index in [1.54, 1.807) is 0 Å². The molecule has 4 nitrogen and oxygen atoms in total. The molecule has 0 saturated heterocycles. The minimum Gasteiger partial charge on any atom is -0.464 e. The zero-order valence-electron chi connectivity index (χ0n) is 12.8. The van der Waals surface area contributed by atoms with Gasteiger partial charge in [-0.2, -0.15) is 0 Å². The largest absolute Gasteiger partial charge is 0.464 e. The van der Waals surface area contributed by atoms with Crippen LogP contribution in [0.15, 0.2) is 28.8 Å². The molecule has 2 aliphatic heterocycles. The monoisotopic (exact) mass is 284 g/mol. The molecule has 4 heteroatoms. The van der Waals surface area contributed by atoms with Gasteiger partial charge in [0.2, 0.25) is 6.23 Å². The van der Waals surface area contributed by atoms with Crippen LogP contribution in [0.5, 0.6) is 5.75 Å². The first-order chi connectivity index (χ1) is 9.95. The summed E-state index contributed by atoms with van der Waals surface area (Å²) in [6, 6.07) is 6.12. The van der Waals surface area contributed by atoms with Crippen LogP contribution in [-0.4, -0.2) is 18.0 Å². The molecule has 3 rings (SSSR count). The van der Waals surface area contributed by atoms with Crippen LogP contribution < -0.4 is 10.1 Å². The lowest BCUT2D eigenvalue weighted by atomic mass is 9.97. The fraction of sp³-hybridized carbons (Fsp3) is 0.412. The molecular formula is C17H20N2O2. The number of hydrogen-bond acceptors (Lipinski definition) is 3. The quantitative estimate of drug-likeness (QED) is 0.907. The van der Waals surface area contributed by atoms with Gasteiger partial charge < -0.3 is 10.1 Å². The van der Waals surface area contributed by atoms with Gasteiger partial charge in [0.15, 0.2) is 0 Å². The second-order valence-corrected chi connectivity index (χ2v) is 6.15. The standard InChI is InChI=1S/C17H20N2O2/c1-9(2)11-5-6-14-12(7-11)8-13-16(20)18-15(10(3)4)19-17(13)21-14/h5-10,17H,1-4H3,(H,18,19,20). The summed E-state index contributed by atoms with van der Waals surface area (Å²) in [4.78, 5) is 16.7. The van der Waals surface area contributed by atoms with Gasteiger partial charge >= 0.3 is 0 Å². The zero-order chi connectivity index (χ0) is 15.1. The van der Waals surface area contributed by atoms with E-state index in [0.29, 0.717) is 17.3 Å². The lowest BCUT2D eigenvalue weighted by Gasteiger charge is -2.29. The van der Waals surface area contributed by atoms with Crippen LogP contribution in [-0.2, 0) is 4.79 Å². The van der Waals surface area contributed by atoms with Gasteiger partial charge in [0, 0.05) is 11.5 Å². The van der Waals surface area contributed by atoms with Gasteiger partial charge in [-0.1, -0.05) is 33.8 Å². The minimum atomic E-state index is -0.520. The van der Waals surface area contributed by atoms with E-state index >= 15 is 0 Å². The Morgan fingerprint density at radius 3 is 2.62 bits per heavy atom. The molecule has 2 heterocycles. The average Bonchev–Trinajstić information content (AvgIpc) is 2.44. The highest BCUT2D eigenvalue weighted by Crippen LogP contribution is 2.33. The molecule has 110 valence electrons. The predicted octanol–water partition coefficient (Wildman–Crippen LogP) is 3.10. The number of fused-ring (bicyclic) bond motifs is 2. The Labute approximate surface area is 124 Å². The zero-order valence-corrected chi connectivity index (χ0v) is 12.8. The molecule has 0 saturated carbocycles. The van der Waals surface area contributed by atoms with Crippen molar-refractivity contribution in [3.63, 3.8) is 0 Å². The van der Waals surface area contributed by atoms with E-state index in [2.05, 4.69) is 36.3 Å². The molecule has 0 bridgehead atoms. The van der Waals surface area contributed by atoms with E-state index in [1.165, 1.54) is 5.56 Å². The molecule has 1 aromatic rings. The third kappa shape index (κ3) is 2.46. The van der Waals surface area contributed by atoms with Crippen molar-refractivity contribution in [2.75, 3.05) is 0 Å². The summed E-state index contributed by atoms with van der Waals surface area (Å²) < 4.78 is 5.90. The highest BCUT2D eigenvalue weighted by atomic mass is 16.5. The maximum atomic E-state index is 12.2. The topological polar surface area (TPSA) is 50.7 Å². The van der Waals surface area contributed by atoms with Gasteiger partial charge in [0.05, 0.1) is 5.57 Å². The molecule has 21 heavy (non-hydrogen) atoms. The molecular weight excluding hydrogens is 264 g/mol. The second kappa shape index (κ2) is 5.02. The highest BCUT2D eigenvalue weighted by molar-refractivity contribution is 6.12. The maximum absolute atomic E-state index is 12.2. The number of carbonyl (C=O) groups excluding carboxylic acids is 1. The van der Waals surface area contributed by atoms with Gasteiger partial charge in [-0.25, -0.2) is 4.99 Å². The molecule has 0 aliphatic carbocycles. The van der Waals surface area contributed by atoms with Crippen LogP contribution in [0, 0.1) is 5.92 Å². The van der Waals surface area contributed by atoms with Crippen molar-refractivity contribution in [3.8, 4) is 5.75 Å². The molecule has 1 N–H and O–H groups in total. The Bertz CT molecular complexity index is 657. The van der Waals surface area contributed by atoms with E-state index in [1.807, 2.05) is 26.0 Å². The summed E-state index contributed by atoms with van der Waals surface area (Å²) in [5, 5.41) is 2.85. The molecule has 1 unspecified atom stereocenters. The van der Waals surface area contributed by atoms with Crippen molar-refractivity contribution in [3.05, 3.63) is 34.9 Å². The Kier molecular flexibility index (Phi) is 3.32. The number of aliphatic imine (C=N–C) groups is 1. The average molecular weight is 284 g/mol. The number of carbonyl (C=O) groups is 1. The summed E-state index contributed by atoms with van der Waals surface area (Å²) in [5.74, 6) is 1.97. The van der Waals surface area contributed by atoms with Crippen LogP contribution >= 0.6 is 0 Å². The van der Waals surface area contributed by atoms with Crippen LogP contribution in [0.1, 0.15) is 44.7 Å². The van der Waals surface area contributed by atoms with Gasteiger partial charge in [-0.3, -0.25) is 4.79 Å². The Balaban J connectivity index is 2.02. The van der Waals surface area contributed by atoms with Crippen molar-refractivity contribution in [2.45, 2.75) is 39.8 Å². The number of rotatable bonds is 2. The molecule has 0 spiro atoms. The lowest BCUT2D eigenvalue weighted by Crippen LogP contribution is -2.45. The molecule has 0 radical (unpaired) electrons. The number of amidine groups is 1. The summed E-state index contributed by atoms with van der Waals surface area (Å²) in [6.45, 7) is 8.29. The van der Waals surface area contributed by atoms with Crippen molar-refractivity contribution >= 4 is 17.8 Å². The first-order valence-corrected chi connectivity index (χ1v) is 7.37. The first kappa shape index (κ1) is 13.9. The van der Waals surface area contributed by atoms with Crippen LogP contribution in [0.25, 0.3) is 6.08 Å². The van der Waals surface area contributed by atoms with Crippen LogP contribution in [0.3, 0.4) is 0 Å². The molecule has 1 atom stereocenters. The molecule has 0 aromatic heterocycles. The SMILES string of the molecule is CC(C)C1=NC2Oc3ccc(C(C)C)cc3C=C2C(=O)N1. The maximum Gasteiger partial charge on any atom is 0.258 e. The first-order valence-electron chi connectivity index (χ1n) is 7.37. The molecule has 0 fully saturated rings. The summed E-state index contributed by atoms with van der Waals surface area (Å²) in [6.07, 6.45) is 1.37. The predicted molar refractivity (Wildman–Crippen MR) is 83.3 cm³/mol. The van der Waals surface area contributed by atoms with E-state index < -0.39 is 6.23 Å². The number of amides is 1. The summed E-state index contributed by atoms with van der Waals surface area (Å²) in [7, 11) is 0. The fourth-order valence-electron chi connectivity index (χ4n) is 2.48. The van der Waals surface area contributed by atoms with Gasteiger partial charge in [0.25, 0.3) is 5.91 Å². The number of benzene rings is 1. The van der Waals surface area contributed by atoms with Gasteiger partial charge in [0.1, 0.15) is 11.6 Å². The van der Waals surface area contributed by atoms with E-state index in [0.717, 1.165) is 11.3 Å². The van der Waals surface area contributed by atoms with E-state index in [9.17, 15) is 4.79 Å². The van der Waals surface area contributed by atoms with Crippen LogP contribution in [0.4, 0.5) is 0 Å². The van der Waals surface area contributed by atoms with E-state index in [-0.39, 0.29) is 11.8 Å². The Morgan fingerprint density at radius 1 is 1.19 bits per heavy atom. The number of nitrogens with zero attached hydrogens (tertiary/aromatic N) is 1. The van der Waals surface area contributed by atoms with Crippen molar-refractivity contribution < 1.29 is 9.53 Å². The molecule has 2 aliphatic rings. The van der Waals surface area contributed by atoms with Crippen LogP contribution in [0.2, 0.25) is 0 Å². The summed E-state index contributed by atoms with van der Waals surface area (Å²) in [5.41, 5.74) is 2.76. The normalized spacial score (nSPS) is 20.3. The Morgan fingerprint density at radius 2 is 1.95 bits per heavy atom. The summed E-state index contributed by atoms with van der Waals surface area (Å²) >= 11 is 0. The van der Waals surface area contributed by atoms with Gasteiger partial charge in [-0.15, -0.1) is 0 Å². The van der Waals surface area contributed by atoms with E-state index in [4.69, 9.17) is 4.74 Å². The number of nitrogens with one attached hydrogen (secondary N) is 1. The minimum absolute atomic E-state index is 0.112. The third-order valence-corrected chi connectivity index (χ3v) is 3.82. The van der Waals surface area contributed by atoms with Crippen molar-refractivity contribution in [2.24, 2.45) is 10.9 Å². The fourth-order valence-corrected chi connectivity index (χ4v) is 2.48. The lowest BCUT2D eigenvalue weighted by molar-refractivity contribution is -0.117. The second-order valence-electron chi connectivity index (χ2n) is 6.15. The molecule has 1 amide bonds.